The summed E-state index contributed by atoms with van der Waals surface area (Å²) in [6.07, 6.45) is 5.24. The van der Waals surface area contributed by atoms with E-state index in [0.717, 1.165) is 22.5 Å². The molecule has 0 spiro atoms. The number of aromatic nitrogens is 1. The van der Waals surface area contributed by atoms with Crippen LogP contribution in [0.15, 0.2) is 47.7 Å². The minimum atomic E-state index is 0.373. The summed E-state index contributed by atoms with van der Waals surface area (Å²) in [5, 5.41) is 14.4. The van der Waals surface area contributed by atoms with Crippen LogP contribution in [0.4, 0.5) is 11.4 Å². The number of nitrogens with zero attached hydrogens (tertiary/aromatic N) is 3. The van der Waals surface area contributed by atoms with Crippen molar-refractivity contribution in [3.05, 3.63) is 53.9 Å². The van der Waals surface area contributed by atoms with E-state index in [-0.39, 0.29) is 0 Å². The largest absolute Gasteiger partial charge is 0.324 e. The predicted molar refractivity (Wildman–Crippen MR) is 79.6 cm³/mol. The molecule has 2 rings (SSSR count). The summed E-state index contributed by atoms with van der Waals surface area (Å²) < 4.78 is 0. The average molecular weight is 265 g/mol. The summed E-state index contributed by atoms with van der Waals surface area (Å²) in [5.41, 5.74) is 3.72. The van der Waals surface area contributed by atoms with Crippen molar-refractivity contribution in [1.82, 2.24) is 10.3 Å². The number of anilines is 1. The number of pyridine rings is 1. The maximum atomic E-state index is 8.83. The van der Waals surface area contributed by atoms with Crippen molar-refractivity contribution < 1.29 is 0 Å². The third-order valence-electron chi connectivity index (χ3n) is 2.76. The van der Waals surface area contributed by atoms with Crippen LogP contribution >= 0.6 is 0 Å². The smallest absolute Gasteiger partial charge is 0.214 e. The van der Waals surface area contributed by atoms with Crippen molar-refractivity contribution in [2.75, 3.05) is 5.32 Å². The van der Waals surface area contributed by atoms with Gasteiger partial charge in [-0.2, -0.15) is 5.26 Å². The lowest BCUT2D eigenvalue weighted by Crippen LogP contribution is -2.26. The van der Waals surface area contributed by atoms with Crippen molar-refractivity contribution in [2.24, 2.45) is 4.99 Å². The van der Waals surface area contributed by atoms with Crippen LogP contribution in [0.5, 0.6) is 0 Å². The van der Waals surface area contributed by atoms with Gasteiger partial charge < -0.3 is 5.32 Å². The molecule has 1 heterocycles. The SMILES string of the molecule is Cc1cccc(C)c1N=C(NC#N)Nc1cccnc1. The van der Waals surface area contributed by atoms with Crippen LogP contribution in [0.2, 0.25) is 0 Å². The fourth-order valence-corrected chi connectivity index (χ4v) is 1.81. The van der Waals surface area contributed by atoms with Crippen LogP contribution in [0.25, 0.3) is 0 Å². The third-order valence-corrected chi connectivity index (χ3v) is 2.76. The van der Waals surface area contributed by atoms with E-state index in [1.165, 1.54) is 0 Å². The zero-order valence-corrected chi connectivity index (χ0v) is 11.4. The fraction of sp³-hybridized carbons (Fsp3) is 0.133. The van der Waals surface area contributed by atoms with Gasteiger partial charge in [-0.15, -0.1) is 0 Å². The molecule has 5 nitrogen and oxygen atoms in total. The van der Waals surface area contributed by atoms with Gasteiger partial charge in [-0.3, -0.25) is 10.3 Å². The number of nitrogens with one attached hydrogen (secondary N) is 2. The first-order valence-corrected chi connectivity index (χ1v) is 6.18. The Balaban J connectivity index is 2.33. The minimum Gasteiger partial charge on any atom is -0.324 e. The first-order valence-electron chi connectivity index (χ1n) is 6.18. The van der Waals surface area contributed by atoms with Gasteiger partial charge >= 0.3 is 0 Å². The monoisotopic (exact) mass is 265 g/mol. The van der Waals surface area contributed by atoms with E-state index in [4.69, 9.17) is 5.26 Å². The molecule has 0 atom stereocenters. The van der Waals surface area contributed by atoms with Gasteiger partial charge in [0.15, 0.2) is 6.19 Å². The number of nitriles is 1. The molecule has 0 saturated heterocycles. The number of rotatable bonds is 2. The summed E-state index contributed by atoms with van der Waals surface area (Å²) in [6, 6.07) is 9.62. The Morgan fingerprint density at radius 3 is 2.55 bits per heavy atom. The normalized spacial score (nSPS) is 10.8. The van der Waals surface area contributed by atoms with Crippen LogP contribution in [0, 0.1) is 25.3 Å². The van der Waals surface area contributed by atoms with Crippen LogP contribution in [0.1, 0.15) is 11.1 Å². The Kier molecular flexibility index (Phi) is 4.30. The van der Waals surface area contributed by atoms with Gasteiger partial charge in [0.25, 0.3) is 0 Å². The number of aryl methyl sites for hydroxylation is 2. The Hall–Kier alpha value is -2.87. The lowest BCUT2D eigenvalue weighted by Gasteiger charge is -2.10. The van der Waals surface area contributed by atoms with E-state index in [2.05, 4.69) is 20.6 Å². The van der Waals surface area contributed by atoms with E-state index in [1.807, 2.05) is 50.4 Å². The van der Waals surface area contributed by atoms with Crippen LogP contribution in [0.3, 0.4) is 0 Å². The molecular weight excluding hydrogens is 250 g/mol. The highest BCUT2D eigenvalue weighted by Gasteiger charge is 2.04. The van der Waals surface area contributed by atoms with Crippen molar-refractivity contribution in [3.8, 4) is 6.19 Å². The third kappa shape index (κ3) is 3.33. The van der Waals surface area contributed by atoms with Crippen LogP contribution < -0.4 is 10.6 Å². The maximum absolute atomic E-state index is 8.83. The predicted octanol–water partition coefficient (Wildman–Crippen LogP) is 2.87. The van der Waals surface area contributed by atoms with E-state index in [9.17, 15) is 0 Å². The number of hydrogen-bond donors (Lipinski definition) is 2. The molecule has 0 aliphatic heterocycles. The summed E-state index contributed by atoms with van der Waals surface area (Å²) >= 11 is 0. The standard InChI is InChI=1S/C15H15N5/c1-11-5-3-6-12(2)14(11)20-15(18-10-16)19-13-7-4-8-17-9-13/h3-9H,1-2H3,(H2,18,19,20). The molecule has 5 heteroatoms. The van der Waals surface area contributed by atoms with Gasteiger partial charge in [-0.1, -0.05) is 18.2 Å². The van der Waals surface area contributed by atoms with Crippen LogP contribution in [-0.4, -0.2) is 10.9 Å². The Bertz CT molecular complexity index is 635. The minimum absolute atomic E-state index is 0.373. The molecule has 0 unspecified atom stereocenters. The second-order valence-electron chi connectivity index (χ2n) is 4.30. The first-order chi connectivity index (χ1) is 9.70. The maximum Gasteiger partial charge on any atom is 0.214 e. The zero-order valence-electron chi connectivity index (χ0n) is 11.4. The highest BCUT2D eigenvalue weighted by atomic mass is 15.2. The van der Waals surface area contributed by atoms with Gasteiger partial charge in [0.1, 0.15) is 0 Å². The van der Waals surface area contributed by atoms with E-state index in [1.54, 1.807) is 12.4 Å². The molecule has 1 aromatic carbocycles. The van der Waals surface area contributed by atoms with Gasteiger partial charge in [0.2, 0.25) is 5.96 Å². The van der Waals surface area contributed by atoms with E-state index in [0.29, 0.717) is 5.96 Å². The molecule has 0 aliphatic carbocycles. The van der Waals surface area contributed by atoms with Gasteiger partial charge in [0, 0.05) is 6.20 Å². The molecular formula is C15H15N5. The average Bonchev–Trinajstić information content (AvgIpc) is 2.44. The van der Waals surface area contributed by atoms with Gasteiger partial charge in [-0.25, -0.2) is 4.99 Å². The number of aliphatic imine (C=N–C) groups is 1. The van der Waals surface area contributed by atoms with E-state index < -0.39 is 0 Å². The van der Waals surface area contributed by atoms with Crippen molar-refractivity contribution in [2.45, 2.75) is 13.8 Å². The second kappa shape index (κ2) is 6.34. The van der Waals surface area contributed by atoms with Crippen molar-refractivity contribution >= 4 is 17.3 Å². The zero-order chi connectivity index (χ0) is 14.4. The summed E-state index contributed by atoms with van der Waals surface area (Å²) in [5.74, 6) is 0.373. The second-order valence-corrected chi connectivity index (χ2v) is 4.30. The lowest BCUT2D eigenvalue weighted by molar-refractivity contribution is 1.21. The quantitative estimate of drug-likeness (QED) is 0.379. The molecule has 100 valence electrons. The number of guanidine groups is 1. The van der Waals surface area contributed by atoms with Crippen LogP contribution in [-0.2, 0) is 0 Å². The van der Waals surface area contributed by atoms with Gasteiger partial charge in [-0.05, 0) is 37.1 Å². The number of para-hydroxylation sites is 1. The molecule has 2 N–H and O–H groups in total. The van der Waals surface area contributed by atoms with Crippen molar-refractivity contribution in [1.29, 1.82) is 5.26 Å². The molecule has 0 aliphatic rings. The first kappa shape index (κ1) is 13.6. The molecule has 2 aromatic rings. The van der Waals surface area contributed by atoms with Gasteiger partial charge in [0.05, 0.1) is 17.6 Å². The Morgan fingerprint density at radius 2 is 1.95 bits per heavy atom. The highest BCUT2D eigenvalue weighted by molar-refractivity contribution is 5.96. The topological polar surface area (TPSA) is 73.1 Å². The Labute approximate surface area is 118 Å². The molecule has 1 aromatic heterocycles. The van der Waals surface area contributed by atoms with E-state index >= 15 is 0 Å². The summed E-state index contributed by atoms with van der Waals surface area (Å²) in [7, 11) is 0. The fourth-order valence-electron chi connectivity index (χ4n) is 1.81. The molecule has 0 saturated carbocycles. The molecule has 0 amide bonds. The Morgan fingerprint density at radius 1 is 1.20 bits per heavy atom. The molecule has 0 radical (unpaired) electrons. The number of hydrogen-bond acceptors (Lipinski definition) is 3. The number of benzene rings is 1. The summed E-state index contributed by atoms with van der Waals surface area (Å²) in [6.45, 7) is 3.97. The van der Waals surface area contributed by atoms with Crippen molar-refractivity contribution in [3.63, 3.8) is 0 Å². The molecule has 20 heavy (non-hydrogen) atoms. The molecule has 0 bridgehead atoms. The molecule has 0 fully saturated rings. The summed E-state index contributed by atoms with van der Waals surface area (Å²) in [4.78, 5) is 8.50. The lowest BCUT2D eigenvalue weighted by atomic mass is 10.1. The highest BCUT2D eigenvalue weighted by Crippen LogP contribution is 2.23.